The number of hydrogen-bond donors (Lipinski definition) is 1. The molecule has 1 aromatic rings. The van der Waals surface area contributed by atoms with Crippen molar-refractivity contribution in [3.05, 3.63) is 34.9 Å². The second kappa shape index (κ2) is 5.65. The van der Waals surface area contributed by atoms with Crippen LogP contribution in [-0.4, -0.2) is 28.8 Å². The quantitative estimate of drug-likeness (QED) is 0.915. The van der Waals surface area contributed by atoms with Gasteiger partial charge in [0.25, 0.3) is 0 Å². The Morgan fingerprint density at radius 1 is 1.25 bits per heavy atom. The van der Waals surface area contributed by atoms with Gasteiger partial charge in [-0.15, -0.1) is 0 Å². The number of rotatable bonds is 3. The highest BCUT2D eigenvalue weighted by Crippen LogP contribution is 2.19. The first kappa shape index (κ1) is 14.6. The van der Waals surface area contributed by atoms with Crippen LogP contribution in [0.15, 0.2) is 18.2 Å². The fourth-order valence-electron chi connectivity index (χ4n) is 2.53. The first-order valence-corrected chi connectivity index (χ1v) is 7.11. The summed E-state index contributed by atoms with van der Waals surface area (Å²) >= 11 is 0. The fraction of sp³-hybridized carbons (Fsp3) is 0.500. The maximum absolute atomic E-state index is 12.4. The maximum Gasteiger partial charge on any atom is 0.246 e. The van der Waals surface area contributed by atoms with Gasteiger partial charge in [-0.25, -0.2) is 0 Å². The molecule has 0 spiro atoms. The van der Waals surface area contributed by atoms with E-state index in [-0.39, 0.29) is 17.9 Å². The topological polar surface area (TPSA) is 49.4 Å². The zero-order chi connectivity index (χ0) is 14.9. The lowest BCUT2D eigenvalue weighted by atomic mass is 10.0. The lowest BCUT2D eigenvalue weighted by Crippen LogP contribution is -2.61. The van der Waals surface area contributed by atoms with E-state index in [2.05, 4.69) is 23.5 Å². The van der Waals surface area contributed by atoms with Crippen LogP contribution in [0.2, 0.25) is 0 Å². The summed E-state index contributed by atoms with van der Waals surface area (Å²) in [5.41, 5.74) is 3.42. The number of piperazine rings is 1. The number of aryl methyl sites for hydroxylation is 2. The van der Waals surface area contributed by atoms with Gasteiger partial charge in [0.15, 0.2) is 0 Å². The second-order valence-electron chi connectivity index (χ2n) is 5.54. The number of benzene rings is 1. The molecule has 4 nitrogen and oxygen atoms in total. The number of nitrogens with zero attached hydrogens (tertiary/aromatic N) is 1. The molecule has 0 aliphatic carbocycles. The summed E-state index contributed by atoms with van der Waals surface area (Å²) in [6.45, 7) is 8.26. The molecule has 1 aliphatic heterocycles. The van der Waals surface area contributed by atoms with Crippen LogP contribution >= 0.6 is 0 Å². The van der Waals surface area contributed by atoms with Crippen molar-refractivity contribution in [3.8, 4) is 0 Å². The van der Waals surface area contributed by atoms with Gasteiger partial charge in [-0.2, -0.15) is 0 Å². The Hall–Kier alpha value is -1.84. The van der Waals surface area contributed by atoms with Gasteiger partial charge in [-0.05, 0) is 38.3 Å². The van der Waals surface area contributed by atoms with Crippen molar-refractivity contribution >= 4 is 11.8 Å². The van der Waals surface area contributed by atoms with Gasteiger partial charge in [0, 0.05) is 6.54 Å². The minimum absolute atomic E-state index is 0.0144. The SMILES string of the molecule is CCC1NC(=O)C(C)N(Cc2cc(C)ccc2C)C1=O. The maximum atomic E-state index is 12.4. The number of carbonyl (C=O) groups excluding carboxylic acids is 2. The average molecular weight is 274 g/mol. The number of nitrogens with one attached hydrogen (secondary N) is 1. The third-order valence-corrected chi connectivity index (χ3v) is 4.00. The van der Waals surface area contributed by atoms with Crippen molar-refractivity contribution in [1.29, 1.82) is 0 Å². The molecule has 2 atom stereocenters. The minimum atomic E-state index is -0.412. The van der Waals surface area contributed by atoms with Crippen molar-refractivity contribution < 1.29 is 9.59 Å². The third-order valence-electron chi connectivity index (χ3n) is 4.00. The van der Waals surface area contributed by atoms with Crippen LogP contribution in [0, 0.1) is 13.8 Å². The lowest BCUT2D eigenvalue weighted by molar-refractivity contribution is -0.149. The van der Waals surface area contributed by atoms with E-state index in [4.69, 9.17) is 0 Å². The Kier molecular flexibility index (Phi) is 4.12. The summed E-state index contributed by atoms with van der Waals surface area (Å²) in [4.78, 5) is 26.1. The predicted molar refractivity (Wildman–Crippen MR) is 78.1 cm³/mol. The Bertz CT molecular complexity index is 539. The highest BCUT2D eigenvalue weighted by atomic mass is 16.2. The highest BCUT2D eigenvalue weighted by molar-refractivity contribution is 5.96. The van der Waals surface area contributed by atoms with Crippen LogP contribution in [0.25, 0.3) is 0 Å². The zero-order valence-electron chi connectivity index (χ0n) is 12.6. The van der Waals surface area contributed by atoms with Crippen molar-refractivity contribution in [3.63, 3.8) is 0 Å². The molecule has 108 valence electrons. The molecular formula is C16H22N2O2. The van der Waals surface area contributed by atoms with Crippen LogP contribution in [0.3, 0.4) is 0 Å². The Balaban J connectivity index is 2.27. The predicted octanol–water partition coefficient (Wildman–Crippen LogP) is 1.93. The van der Waals surface area contributed by atoms with Gasteiger partial charge >= 0.3 is 0 Å². The number of hydrogen-bond acceptors (Lipinski definition) is 2. The van der Waals surface area contributed by atoms with Gasteiger partial charge in [0.1, 0.15) is 12.1 Å². The normalized spacial score (nSPS) is 22.9. The average Bonchev–Trinajstić information content (AvgIpc) is 2.42. The van der Waals surface area contributed by atoms with E-state index in [0.717, 1.165) is 11.1 Å². The van der Waals surface area contributed by atoms with Crippen molar-refractivity contribution in [2.45, 2.75) is 52.7 Å². The van der Waals surface area contributed by atoms with Crippen LogP contribution in [0.1, 0.15) is 37.0 Å². The van der Waals surface area contributed by atoms with Gasteiger partial charge in [-0.3, -0.25) is 9.59 Å². The molecule has 20 heavy (non-hydrogen) atoms. The molecule has 1 N–H and O–H groups in total. The summed E-state index contributed by atoms with van der Waals surface area (Å²) in [5.74, 6) is -0.0535. The Morgan fingerprint density at radius 2 is 1.95 bits per heavy atom. The summed E-state index contributed by atoms with van der Waals surface area (Å²) in [5, 5.41) is 2.78. The van der Waals surface area contributed by atoms with E-state index >= 15 is 0 Å². The molecular weight excluding hydrogens is 252 g/mol. The summed E-state index contributed by atoms with van der Waals surface area (Å²) in [6, 6.07) is 5.40. The van der Waals surface area contributed by atoms with Crippen LogP contribution < -0.4 is 5.32 Å². The molecule has 1 fully saturated rings. The zero-order valence-corrected chi connectivity index (χ0v) is 12.6. The van der Waals surface area contributed by atoms with Crippen LogP contribution in [0.5, 0.6) is 0 Å². The first-order chi connectivity index (χ1) is 9.43. The Morgan fingerprint density at radius 3 is 2.60 bits per heavy atom. The minimum Gasteiger partial charge on any atom is -0.343 e. The monoisotopic (exact) mass is 274 g/mol. The van der Waals surface area contributed by atoms with Crippen molar-refractivity contribution in [2.24, 2.45) is 0 Å². The first-order valence-electron chi connectivity index (χ1n) is 7.11. The molecule has 2 unspecified atom stereocenters. The fourth-order valence-corrected chi connectivity index (χ4v) is 2.53. The number of amides is 2. The molecule has 1 heterocycles. The van der Waals surface area contributed by atoms with Crippen molar-refractivity contribution in [1.82, 2.24) is 10.2 Å². The lowest BCUT2D eigenvalue weighted by Gasteiger charge is -2.37. The third kappa shape index (κ3) is 2.69. The molecule has 0 radical (unpaired) electrons. The van der Waals surface area contributed by atoms with Crippen molar-refractivity contribution in [2.75, 3.05) is 0 Å². The van der Waals surface area contributed by atoms with E-state index in [1.165, 1.54) is 5.56 Å². The summed E-state index contributed by atoms with van der Waals surface area (Å²) < 4.78 is 0. The van der Waals surface area contributed by atoms with Gasteiger partial charge < -0.3 is 10.2 Å². The van der Waals surface area contributed by atoms with Crippen LogP contribution in [0.4, 0.5) is 0 Å². The summed E-state index contributed by atoms with van der Waals surface area (Å²) in [7, 11) is 0. The highest BCUT2D eigenvalue weighted by Gasteiger charge is 2.37. The van der Waals surface area contributed by atoms with Gasteiger partial charge in [0.2, 0.25) is 11.8 Å². The van der Waals surface area contributed by atoms with E-state index < -0.39 is 6.04 Å². The van der Waals surface area contributed by atoms with Gasteiger partial charge in [-0.1, -0.05) is 30.7 Å². The Labute approximate surface area is 120 Å². The van der Waals surface area contributed by atoms with E-state index in [0.29, 0.717) is 13.0 Å². The molecule has 1 aromatic carbocycles. The second-order valence-corrected chi connectivity index (χ2v) is 5.54. The molecule has 1 saturated heterocycles. The molecule has 0 aromatic heterocycles. The molecule has 0 bridgehead atoms. The molecule has 2 rings (SSSR count). The molecule has 1 aliphatic rings. The molecule has 4 heteroatoms. The van der Waals surface area contributed by atoms with E-state index in [9.17, 15) is 9.59 Å². The largest absolute Gasteiger partial charge is 0.343 e. The van der Waals surface area contributed by atoms with Crippen LogP contribution in [-0.2, 0) is 16.1 Å². The summed E-state index contributed by atoms with van der Waals surface area (Å²) in [6.07, 6.45) is 0.626. The smallest absolute Gasteiger partial charge is 0.246 e. The van der Waals surface area contributed by atoms with Gasteiger partial charge in [0.05, 0.1) is 0 Å². The molecule has 2 amide bonds. The van der Waals surface area contributed by atoms with E-state index in [1.807, 2.05) is 20.8 Å². The molecule has 0 saturated carbocycles. The van der Waals surface area contributed by atoms with E-state index in [1.54, 1.807) is 11.8 Å². The number of carbonyl (C=O) groups is 2. The standard InChI is InChI=1S/C16H22N2O2/c1-5-14-16(20)18(12(4)15(19)17-14)9-13-8-10(2)6-7-11(13)3/h6-8,12,14H,5,9H2,1-4H3,(H,17,19).